The Hall–Kier alpha value is -0.800. The number of aliphatic hydroxyl groups excluding tert-OH is 1. The predicted octanol–water partition coefficient (Wildman–Crippen LogP) is 0.288. The van der Waals surface area contributed by atoms with Gasteiger partial charge in [0.1, 0.15) is 0 Å². The molecule has 0 bridgehead atoms. The average molecular weight is 320 g/mol. The first-order valence-electron chi connectivity index (χ1n) is 6.05. The van der Waals surface area contributed by atoms with Crippen molar-refractivity contribution in [2.75, 3.05) is 37.6 Å². The maximum atomic E-state index is 11.8. The lowest BCUT2D eigenvalue weighted by Gasteiger charge is -2.15. The summed E-state index contributed by atoms with van der Waals surface area (Å²) in [7, 11) is -2.00. The van der Waals surface area contributed by atoms with Gasteiger partial charge in [-0.15, -0.1) is 11.8 Å². The number of hydrogen-bond acceptors (Lipinski definition) is 6. The molecule has 20 heavy (non-hydrogen) atoms. The first kappa shape index (κ1) is 17.3. The van der Waals surface area contributed by atoms with Crippen LogP contribution < -0.4 is 10.5 Å². The van der Waals surface area contributed by atoms with Crippen molar-refractivity contribution in [1.82, 2.24) is 4.72 Å². The average Bonchev–Trinajstić information content (AvgIpc) is 2.40. The fourth-order valence-corrected chi connectivity index (χ4v) is 4.12. The molecule has 4 N–H and O–H groups in total. The summed E-state index contributed by atoms with van der Waals surface area (Å²) in [6, 6.07) is 6.69. The SMILES string of the molecule is COCC(CO)NS(=O)(=O)CCSc1ccccc1N. The van der Waals surface area contributed by atoms with E-state index in [1.165, 1.54) is 18.9 Å². The molecule has 1 unspecified atom stereocenters. The number of nitrogens with one attached hydrogen (secondary N) is 1. The molecule has 1 atom stereocenters. The quantitative estimate of drug-likeness (QED) is 0.446. The molecule has 0 saturated heterocycles. The van der Waals surface area contributed by atoms with Crippen LogP contribution >= 0.6 is 11.8 Å². The summed E-state index contributed by atoms with van der Waals surface area (Å²) in [6.45, 7) is -0.166. The van der Waals surface area contributed by atoms with E-state index in [-0.39, 0.29) is 19.0 Å². The van der Waals surface area contributed by atoms with Gasteiger partial charge in [0.2, 0.25) is 10.0 Å². The second kappa shape index (κ2) is 8.48. The lowest BCUT2D eigenvalue weighted by Crippen LogP contribution is -2.42. The van der Waals surface area contributed by atoms with Gasteiger partial charge in [-0.05, 0) is 12.1 Å². The fourth-order valence-electron chi connectivity index (χ4n) is 1.51. The van der Waals surface area contributed by atoms with E-state index in [1.54, 1.807) is 6.07 Å². The van der Waals surface area contributed by atoms with Crippen LogP contribution in [-0.4, -0.2) is 51.4 Å². The maximum Gasteiger partial charge on any atom is 0.212 e. The van der Waals surface area contributed by atoms with Gasteiger partial charge in [0.15, 0.2) is 0 Å². The van der Waals surface area contributed by atoms with Gasteiger partial charge >= 0.3 is 0 Å². The number of ether oxygens (including phenoxy) is 1. The Morgan fingerprint density at radius 2 is 2.15 bits per heavy atom. The minimum absolute atomic E-state index is 0.0494. The Balaban J connectivity index is 2.45. The Morgan fingerprint density at radius 3 is 2.75 bits per heavy atom. The molecule has 0 heterocycles. The lowest BCUT2D eigenvalue weighted by atomic mass is 10.3. The number of methoxy groups -OCH3 is 1. The molecule has 0 aromatic heterocycles. The van der Waals surface area contributed by atoms with Crippen LogP contribution in [-0.2, 0) is 14.8 Å². The van der Waals surface area contributed by atoms with Crippen LogP contribution in [0.3, 0.4) is 0 Å². The molecule has 1 rings (SSSR count). The highest BCUT2D eigenvalue weighted by molar-refractivity contribution is 8.00. The normalized spacial score (nSPS) is 13.3. The molecule has 0 radical (unpaired) electrons. The minimum Gasteiger partial charge on any atom is -0.398 e. The van der Waals surface area contributed by atoms with Gasteiger partial charge in [0.05, 0.1) is 25.0 Å². The summed E-state index contributed by atoms with van der Waals surface area (Å²) >= 11 is 1.38. The number of para-hydroxylation sites is 1. The molecule has 6 nitrogen and oxygen atoms in total. The number of hydrogen-bond donors (Lipinski definition) is 3. The summed E-state index contributed by atoms with van der Waals surface area (Å²) in [5, 5.41) is 9.03. The van der Waals surface area contributed by atoms with Crippen molar-refractivity contribution in [3.63, 3.8) is 0 Å². The summed E-state index contributed by atoms with van der Waals surface area (Å²) < 4.78 is 30.9. The first-order valence-corrected chi connectivity index (χ1v) is 8.69. The van der Waals surface area contributed by atoms with Crippen molar-refractivity contribution in [2.24, 2.45) is 0 Å². The van der Waals surface area contributed by atoms with Crippen LogP contribution in [0.25, 0.3) is 0 Å². The van der Waals surface area contributed by atoms with Gasteiger partial charge in [-0.25, -0.2) is 13.1 Å². The number of benzene rings is 1. The molecular formula is C12H20N2O4S2. The number of aliphatic hydroxyl groups is 1. The van der Waals surface area contributed by atoms with Crippen molar-refractivity contribution in [1.29, 1.82) is 0 Å². The number of nitrogens with two attached hydrogens (primary N) is 1. The molecule has 0 aliphatic heterocycles. The topological polar surface area (TPSA) is 102 Å². The van der Waals surface area contributed by atoms with Gasteiger partial charge in [0.25, 0.3) is 0 Å². The molecule has 0 saturated carbocycles. The monoisotopic (exact) mass is 320 g/mol. The van der Waals surface area contributed by atoms with E-state index in [9.17, 15) is 8.42 Å². The van der Waals surface area contributed by atoms with E-state index >= 15 is 0 Å². The van der Waals surface area contributed by atoms with Gasteiger partial charge < -0.3 is 15.6 Å². The number of rotatable bonds is 9. The summed E-state index contributed by atoms with van der Waals surface area (Å²) in [6.07, 6.45) is 0. The fraction of sp³-hybridized carbons (Fsp3) is 0.500. The molecule has 1 aromatic carbocycles. The zero-order valence-corrected chi connectivity index (χ0v) is 12.9. The number of anilines is 1. The minimum atomic E-state index is -3.45. The van der Waals surface area contributed by atoms with E-state index < -0.39 is 16.1 Å². The van der Waals surface area contributed by atoms with Crippen LogP contribution in [0.2, 0.25) is 0 Å². The third-order valence-electron chi connectivity index (χ3n) is 2.46. The maximum absolute atomic E-state index is 11.8. The van der Waals surface area contributed by atoms with E-state index in [4.69, 9.17) is 15.6 Å². The van der Waals surface area contributed by atoms with Crippen molar-refractivity contribution >= 4 is 27.5 Å². The number of thioether (sulfide) groups is 1. The van der Waals surface area contributed by atoms with Crippen molar-refractivity contribution in [3.8, 4) is 0 Å². The third kappa shape index (κ3) is 6.10. The third-order valence-corrected chi connectivity index (χ3v) is 5.25. The largest absolute Gasteiger partial charge is 0.398 e. The van der Waals surface area contributed by atoms with E-state index in [2.05, 4.69) is 4.72 Å². The Morgan fingerprint density at radius 1 is 1.45 bits per heavy atom. The van der Waals surface area contributed by atoms with Gasteiger partial charge in [-0.3, -0.25) is 0 Å². The summed E-state index contributed by atoms with van der Waals surface area (Å²) in [5.41, 5.74) is 6.41. The second-order valence-corrected chi connectivity index (χ2v) is 7.17. The van der Waals surface area contributed by atoms with Crippen molar-refractivity contribution < 1.29 is 18.3 Å². The van der Waals surface area contributed by atoms with E-state index in [0.29, 0.717) is 11.4 Å². The summed E-state index contributed by atoms with van der Waals surface area (Å²) in [4.78, 5) is 0.860. The predicted molar refractivity (Wildman–Crippen MR) is 81.3 cm³/mol. The highest BCUT2D eigenvalue weighted by Gasteiger charge is 2.17. The number of sulfonamides is 1. The second-order valence-electron chi connectivity index (χ2n) is 4.16. The molecule has 8 heteroatoms. The summed E-state index contributed by atoms with van der Waals surface area (Å²) in [5.74, 6) is 0.334. The molecule has 0 spiro atoms. The molecular weight excluding hydrogens is 300 g/mol. The first-order chi connectivity index (χ1) is 9.48. The van der Waals surface area contributed by atoms with Gasteiger partial charge in [0, 0.05) is 23.4 Å². The van der Waals surface area contributed by atoms with Crippen molar-refractivity contribution in [2.45, 2.75) is 10.9 Å². The van der Waals surface area contributed by atoms with Crippen molar-refractivity contribution in [3.05, 3.63) is 24.3 Å². The molecule has 0 fully saturated rings. The molecule has 114 valence electrons. The highest BCUT2D eigenvalue weighted by Crippen LogP contribution is 2.24. The van der Waals surface area contributed by atoms with Crippen LogP contribution in [0.1, 0.15) is 0 Å². The molecule has 0 amide bonds. The van der Waals surface area contributed by atoms with Gasteiger partial charge in [-0.1, -0.05) is 12.1 Å². The molecule has 1 aromatic rings. The lowest BCUT2D eigenvalue weighted by molar-refractivity contribution is 0.139. The van der Waals surface area contributed by atoms with E-state index in [1.807, 2.05) is 18.2 Å². The molecule has 0 aliphatic rings. The standard InChI is InChI=1S/C12H20N2O4S2/c1-18-9-10(8-15)14-20(16,17)7-6-19-12-5-3-2-4-11(12)13/h2-5,10,14-15H,6-9,13H2,1H3. The van der Waals surface area contributed by atoms with Gasteiger partial charge in [-0.2, -0.15) is 0 Å². The highest BCUT2D eigenvalue weighted by atomic mass is 32.2. The zero-order chi connectivity index (χ0) is 15.0. The molecule has 0 aliphatic carbocycles. The van der Waals surface area contributed by atoms with Crippen LogP contribution in [0.5, 0.6) is 0 Å². The van der Waals surface area contributed by atoms with Crippen LogP contribution in [0.15, 0.2) is 29.2 Å². The van der Waals surface area contributed by atoms with E-state index in [0.717, 1.165) is 4.90 Å². The Labute approximate surface area is 123 Å². The van der Waals surface area contributed by atoms with Crippen LogP contribution in [0, 0.1) is 0 Å². The zero-order valence-electron chi connectivity index (χ0n) is 11.3. The van der Waals surface area contributed by atoms with Crippen LogP contribution in [0.4, 0.5) is 5.69 Å². The Kier molecular flexibility index (Phi) is 7.31. The Bertz CT molecular complexity index is 508. The smallest absolute Gasteiger partial charge is 0.212 e. The number of nitrogen functional groups attached to an aromatic ring is 1.